The zero-order chi connectivity index (χ0) is 13.8. The first kappa shape index (κ1) is 13.1. The lowest BCUT2D eigenvalue weighted by Gasteiger charge is -2.11. The number of rotatable bonds is 4. The minimum absolute atomic E-state index is 0.189. The monoisotopic (exact) mass is 264 g/mol. The molecule has 0 aliphatic heterocycles. The molecule has 0 amide bonds. The van der Waals surface area contributed by atoms with Crippen LogP contribution in [0.4, 0.5) is 25.8 Å². The molecule has 0 bridgehead atoms. The van der Waals surface area contributed by atoms with Gasteiger partial charge < -0.3 is 15.8 Å². The second-order valence-electron chi connectivity index (χ2n) is 3.93. The van der Waals surface area contributed by atoms with Crippen LogP contribution >= 0.6 is 0 Å². The summed E-state index contributed by atoms with van der Waals surface area (Å²) >= 11 is 0. The van der Waals surface area contributed by atoms with Crippen LogP contribution in [0.25, 0.3) is 0 Å². The smallest absolute Gasteiger partial charge is 0.149 e. The van der Waals surface area contributed by atoms with E-state index in [0.29, 0.717) is 23.7 Å². The quantitative estimate of drug-likeness (QED) is 0.828. The van der Waals surface area contributed by atoms with Crippen LogP contribution in [0.5, 0.6) is 5.75 Å². The minimum Gasteiger partial charge on any atom is -0.492 e. The first-order valence-corrected chi connectivity index (χ1v) is 5.84. The number of halogens is 2. The SMILES string of the molecule is CCOc1cc(Nc2ccc(F)cc2F)ccc1N. The molecule has 0 fully saturated rings. The second kappa shape index (κ2) is 5.56. The Morgan fingerprint density at radius 1 is 1.16 bits per heavy atom. The van der Waals surface area contributed by atoms with Gasteiger partial charge >= 0.3 is 0 Å². The molecule has 0 unspecified atom stereocenters. The van der Waals surface area contributed by atoms with E-state index in [-0.39, 0.29) is 5.69 Å². The molecule has 0 atom stereocenters. The summed E-state index contributed by atoms with van der Waals surface area (Å²) in [5.74, 6) is -0.750. The highest BCUT2D eigenvalue weighted by Crippen LogP contribution is 2.28. The van der Waals surface area contributed by atoms with Crippen LogP contribution in [0.15, 0.2) is 36.4 Å². The van der Waals surface area contributed by atoms with E-state index in [2.05, 4.69) is 5.32 Å². The van der Waals surface area contributed by atoms with Crippen LogP contribution in [0, 0.1) is 11.6 Å². The standard InChI is InChI=1S/C14H14F2N2O/c1-2-19-14-8-10(4-5-12(14)17)18-13-6-3-9(15)7-11(13)16/h3-8,18H,2,17H2,1H3. The molecule has 5 heteroatoms. The Kier molecular flexibility index (Phi) is 3.85. The molecule has 0 saturated heterocycles. The van der Waals surface area contributed by atoms with Crippen molar-refractivity contribution in [3.05, 3.63) is 48.0 Å². The third kappa shape index (κ3) is 3.13. The Balaban J connectivity index is 2.25. The summed E-state index contributed by atoms with van der Waals surface area (Å²) < 4.78 is 31.7. The maximum absolute atomic E-state index is 13.5. The van der Waals surface area contributed by atoms with E-state index in [1.807, 2.05) is 6.92 Å². The van der Waals surface area contributed by atoms with Crippen LogP contribution in [0.1, 0.15) is 6.92 Å². The van der Waals surface area contributed by atoms with Gasteiger partial charge in [-0.1, -0.05) is 0 Å². The Morgan fingerprint density at radius 3 is 2.63 bits per heavy atom. The predicted octanol–water partition coefficient (Wildman–Crippen LogP) is 3.69. The molecule has 100 valence electrons. The van der Waals surface area contributed by atoms with Crippen LogP contribution in [0.2, 0.25) is 0 Å². The Bertz CT molecular complexity index is 588. The fourth-order valence-corrected chi connectivity index (χ4v) is 1.64. The second-order valence-corrected chi connectivity index (χ2v) is 3.93. The van der Waals surface area contributed by atoms with E-state index in [4.69, 9.17) is 10.5 Å². The molecule has 0 radical (unpaired) electrons. The number of hydrogen-bond acceptors (Lipinski definition) is 3. The van der Waals surface area contributed by atoms with Gasteiger partial charge in [0.1, 0.15) is 17.4 Å². The van der Waals surface area contributed by atoms with E-state index >= 15 is 0 Å². The molecule has 2 rings (SSSR count). The first-order valence-electron chi connectivity index (χ1n) is 5.84. The topological polar surface area (TPSA) is 47.3 Å². The van der Waals surface area contributed by atoms with Crippen LogP contribution < -0.4 is 15.8 Å². The number of nitrogens with one attached hydrogen (secondary N) is 1. The van der Waals surface area contributed by atoms with Crippen molar-refractivity contribution in [2.75, 3.05) is 17.7 Å². The van der Waals surface area contributed by atoms with Gasteiger partial charge in [-0.05, 0) is 31.2 Å². The molecule has 0 aromatic heterocycles. The fourth-order valence-electron chi connectivity index (χ4n) is 1.64. The molecular weight excluding hydrogens is 250 g/mol. The van der Waals surface area contributed by atoms with Gasteiger partial charge in [0.2, 0.25) is 0 Å². The van der Waals surface area contributed by atoms with Crippen molar-refractivity contribution in [2.45, 2.75) is 6.92 Å². The van der Waals surface area contributed by atoms with Crippen molar-refractivity contribution in [1.29, 1.82) is 0 Å². The van der Waals surface area contributed by atoms with Gasteiger partial charge in [-0.3, -0.25) is 0 Å². The van der Waals surface area contributed by atoms with E-state index < -0.39 is 11.6 Å². The van der Waals surface area contributed by atoms with Crippen molar-refractivity contribution < 1.29 is 13.5 Å². The normalized spacial score (nSPS) is 10.3. The number of nitrogens with two attached hydrogens (primary N) is 1. The zero-order valence-corrected chi connectivity index (χ0v) is 10.4. The molecule has 0 spiro atoms. The molecule has 3 N–H and O–H groups in total. The highest BCUT2D eigenvalue weighted by atomic mass is 19.1. The van der Waals surface area contributed by atoms with Crippen molar-refractivity contribution in [3.63, 3.8) is 0 Å². The maximum Gasteiger partial charge on any atom is 0.149 e. The number of anilines is 3. The average Bonchev–Trinajstić information content (AvgIpc) is 2.37. The van der Waals surface area contributed by atoms with E-state index in [0.717, 1.165) is 6.07 Å². The van der Waals surface area contributed by atoms with E-state index in [1.54, 1.807) is 18.2 Å². The zero-order valence-electron chi connectivity index (χ0n) is 10.4. The van der Waals surface area contributed by atoms with Gasteiger partial charge in [0.05, 0.1) is 18.0 Å². The summed E-state index contributed by atoms with van der Waals surface area (Å²) in [6.45, 7) is 2.33. The van der Waals surface area contributed by atoms with Crippen molar-refractivity contribution in [3.8, 4) is 5.75 Å². The Morgan fingerprint density at radius 2 is 1.95 bits per heavy atom. The van der Waals surface area contributed by atoms with Gasteiger partial charge in [-0.15, -0.1) is 0 Å². The highest BCUT2D eigenvalue weighted by molar-refractivity contribution is 5.67. The molecule has 2 aromatic rings. The van der Waals surface area contributed by atoms with Crippen molar-refractivity contribution in [1.82, 2.24) is 0 Å². The lowest BCUT2D eigenvalue weighted by atomic mass is 10.2. The van der Waals surface area contributed by atoms with Gasteiger partial charge in [0.25, 0.3) is 0 Å². The summed E-state index contributed by atoms with van der Waals surface area (Å²) in [7, 11) is 0. The van der Waals surface area contributed by atoms with Gasteiger partial charge in [0, 0.05) is 17.8 Å². The predicted molar refractivity (Wildman–Crippen MR) is 71.7 cm³/mol. The summed E-state index contributed by atoms with van der Waals surface area (Å²) in [6.07, 6.45) is 0. The van der Waals surface area contributed by atoms with E-state index in [9.17, 15) is 8.78 Å². The number of hydrogen-bond donors (Lipinski definition) is 2. The summed E-state index contributed by atoms with van der Waals surface area (Å²) in [4.78, 5) is 0. The van der Waals surface area contributed by atoms with Gasteiger partial charge in [-0.25, -0.2) is 8.78 Å². The third-order valence-electron chi connectivity index (χ3n) is 2.52. The summed E-state index contributed by atoms with van der Waals surface area (Å²) in [6, 6.07) is 8.37. The third-order valence-corrected chi connectivity index (χ3v) is 2.52. The van der Waals surface area contributed by atoms with Gasteiger partial charge in [-0.2, -0.15) is 0 Å². The van der Waals surface area contributed by atoms with Gasteiger partial charge in [0.15, 0.2) is 0 Å². The largest absolute Gasteiger partial charge is 0.492 e. The Labute approximate surface area is 110 Å². The molecule has 0 aliphatic rings. The summed E-state index contributed by atoms with van der Waals surface area (Å²) in [5.41, 5.74) is 7.05. The number of nitrogen functional groups attached to an aromatic ring is 1. The fraction of sp³-hybridized carbons (Fsp3) is 0.143. The lowest BCUT2D eigenvalue weighted by Crippen LogP contribution is -1.99. The molecule has 0 saturated carbocycles. The molecule has 0 aliphatic carbocycles. The number of ether oxygens (including phenoxy) is 1. The average molecular weight is 264 g/mol. The lowest BCUT2D eigenvalue weighted by molar-refractivity contribution is 0.342. The van der Waals surface area contributed by atoms with Crippen LogP contribution in [-0.2, 0) is 0 Å². The Hall–Kier alpha value is -2.30. The van der Waals surface area contributed by atoms with Crippen LogP contribution in [0.3, 0.4) is 0 Å². The minimum atomic E-state index is -0.658. The molecular formula is C14H14F2N2O. The van der Waals surface area contributed by atoms with E-state index in [1.165, 1.54) is 12.1 Å². The van der Waals surface area contributed by atoms with Crippen LogP contribution in [-0.4, -0.2) is 6.61 Å². The number of benzene rings is 2. The molecule has 19 heavy (non-hydrogen) atoms. The maximum atomic E-state index is 13.5. The molecule has 0 heterocycles. The van der Waals surface area contributed by atoms with Crippen molar-refractivity contribution in [2.24, 2.45) is 0 Å². The molecule has 2 aromatic carbocycles. The molecule has 3 nitrogen and oxygen atoms in total. The van der Waals surface area contributed by atoms with Crippen molar-refractivity contribution >= 4 is 17.1 Å². The summed E-state index contributed by atoms with van der Waals surface area (Å²) in [5, 5.41) is 2.85. The highest BCUT2D eigenvalue weighted by Gasteiger charge is 2.06. The first-order chi connectivity index (χ1) is 9.10.